The Morgan fingerprint density at radius 3 is 2.35 bits per heavy atom. The average Bonchev–Trinajstić information content (AvgIpc) is 2.80. The molecule has 1 saturated carbocycles. The number of rotatable bonds is 5. The van der Waals surface area contributed by atoms with Gasteiger partial charge in [0.25, 0.3) is 0 Å². The van der Waals surface area contributed by atoms with Crippen molar-refractivity contribution in [2.45, 2.75) is 58.0 Å². The lowest BCUT2D eigenvalue weighted by molar-refractivity contribution is -0.139. The van der Waals surface area contributed by atoms with Crippen molar-refractivity contribution in [1.29, 1.82) is 0 Å². The van der Waals surface area contributed by atoms with Crippen molar-refractivity contribution in [2.75, 3.05) is 6.54 Å². The molecule has 0 radical (unpaired) electrons. The van der Waals surface area contributed by atoms with Gasteiger partial charge in [-0.1, -0.05) is 19.8 Å². The van der Waals surface area contributed by atoms with Crippen molar-refractivity contribution in [3.05, 3.63) is 0 Å². The van der Waals surface area contributed by atoms with Crippen LogP contribution in [0.1, 0.15) is 46.0 Å². The number of nitrogens with one attached hydrogen (secondary N) is 1. The molecule has 1 rings (SSSR count). The first-order valence-electron chi connectivity index (χ1n) is 6.40. The molecule has 17 heavy (non-hydrogen) atoms. The van der Waals surface area contributed by atoms with Crippen LogP contribution in [-0.4, -0.2) is 40.6 Å². The molecule has 2 amide bonds. The van der Waals surface area contributed by atoms with Crippen LogP contribution in [0.3, 0.4) is 0 Å². The lowest BCUT2D eigenvalue weighted by Gasteiger charge is -2.29. The molecule has 0 aromatic carbocycles. The maximum atomic E-state index is 12.0. The predicted octanol–water partition coefficient (Wildman–Crippen LogP) is 1.82. The molecule has 0 heterocycles. The molecule has 2 N–H and O–H groups in total. The zero-order chi connectivity index (χ0) is 12.8. The Labute approximate surface area is 102 Å². The van der Waals surface area contributed by atoms with E-state index in [1.165, 1.54) is 0 Å². The smallest absolute Gasteiger partial charge is 0.326 e. The first-order chi connectivity index (χ1) is 8.10. The molecule has 1 unspecified atom stereocenters. The van der Waals surface area contributed by atoms with Gasteiger partial charge in [-0.15, -0.1) is 0 Å². The molecule has 1 aliphatic carbocycles. The molecule has 0 aromatic rings. The Kier molecular flexibility index (Phi) is 5.25. The summed E-state index contributed by atoms with van der Waals surface area (Å²) in [6.45, 7) is 4.32. The van der Waals surface area contributed by atoms with Gasteiger partial charge in [0, 0.05) is 12.6 Å². The summed E-state index contributed by atoms with van der Waals surface area (Å²) in [5.74, 6) is -0.969. The van der Waals surface area contributed by atoms with E-state index in [-0.39, 0.29) is 12.1 Å². The van der Waals surface area contributed by atoms with Gasteiger partial charge in [-0.05, 0) is 26.2 Å². The Morgan fingerprint density at radius 1 is 1.35 bits per heavy atom. The van der Waals surface area contributed by atoms with Crippen LogP contribution in [0.4, 0.5) is 4.79 Å². The second kappa shape index (κ2) is 6.47. The predicted molar refractivity (Wildman–Crippen MR) is 64.9 cm³/mol. The number of hydrogen-bond acceptors (Lipinski definition) is 2. The Balaban J connectivity index is 2.56. The Morgan fingerprint density at radius 2 is 1.94 bits per heavy atom. The third-order valence-electron chi connectivity index (χ3n) is 3.37. The number of aliphatic carboxylic acids is 1. The molecule has 1 aliphatic rings. The van der Waals surface area contributed by atoms with E-state index >= 15 is 0 Å². The van der Waals surface area contributed by atoms with E-state index in [0.29, 0.717) is 13.0 Å². The molecule has 0 aromatic heterocycles. The van der Waals surface area contributed by atoms with Gasteiger partial charge in [0.1, 0.15) is 6.04 Å². The van der Waals surface area contributed by atoms with Crippen molar-refractivity contribution in [3.63, 3.8) is 0 Å². The van der Waals surface area contributed by atoms with Gasteiger partial charge >= 0.3 is 12.0 Å². The summed E-state index contributed by atoms with van der Waals surface area (Å²) in [7, 11) is 0. The highest BCUT2D eigenvalue weighted by Gasteiger charge is 2.27. The second-order valence-electron chi connectivity index (χ2n) is 4.47. The third kappa shape index (κ3) is 3.61. The lowest BCUT2D eigenvalue weighted by atomic mass is 10.2. The maximum Gasteiger partial charge on any atom is 0.326 e. The zero-order valence-corrected chi connectivity index (χ0v) is 10.6. The molecule has 1 fully saturated rings. The number of urea groups is 1. The van der Waals surface area contributed by atoms with Gasteiger partial charge in [0.15, 0.2) is 0 Å². The number of carbonyl (C=O) groups excluding carboxylic acids is 1. The minimum atomic E-state index is -0.969. The van der Waals surface area contributed by atoms with Gasteiger partial charge < -0.3 is 15.3 Å². The molecule has 0 bridgehead atoms. The summed E-state index contributed by atoms with van der Waals surface area (Å²) in [5.41, 5.74) is 0. The molecular formula is C12H22N2O3. The van der Waals surface area contributed by atoms with E-state index in [2.05, 4.69) is 5.32 Å². The minimum absolute atomic E-state index is 0.242. The molecule has 0 saturated heterocycles. The molecular weight excluding hydrogens is 220 g/mol. The molecule has 1 atom stereocenters. The van der Waals surface area contributed by atoms with Crippen LogP contribution in [0.2, 0.25) is 0 Å². The average molecular weight is 242 g/mol. The summed E-state index contributed by atoms with van der Waals surface area (Å²) in [6, 6.07) is -0.738. The Bertz CT molecular complexity index is 275. The fourth-order valence-corrected chi connectivity index (χ4v) is 2.35. The van der Waals surface area contributed by atoms with Crippen LogP contribution >= 0.6 is 0 Å². The van der Waals surface area contributed by atoms with E-state index in [4.69, 9.17) is 5.11 Å². The number of hydrogen-bond donors (Lipinski definition) is 2. The van der Waals surface area contributed by atoms with Gasteiger partial charge in [-0.3, -0.25) is 0 Å². The highest BCUT2D eigenvalue weighted by molar-refractivity contribution is 5.82. The summed E-state index contributed by atoms with van der Waals surface area (Å²) in [6.07, 6.45) is 4.79. The van der Waals surface area contributed by atoms with E-state index in [9.17, 15) is 9.59 Å². The van der Waals surface area contributed by atoms with Crippen molar-refractivity contribution in [2.24, 2.45) is 0 Å². The first-order valence-corrected chi connectivity index (χ1v) is 6.40. The zero-order valence-electron chi connectivity index (χ0n) is 10.6. The topological polar surface area (TPSA) is 69.6 Å². The van der Waals surface area contributed by atoms with Crippen LogP contribution < -0.4 is 5.32 Å². The number of amides is 2. The van der Waals surface area contributed by atoms with Crippen LogP contribution in [-0.2, 0) is 4.79 Å². The quantitative estimate of drug-likeness (QED) is 0.772. The maximum absolute atomic E-state index is 12.0. The number of carboxylic acids is 1. The second-order valence-corrected chi connectivity index (χ2v) is 4.47. The van der Waals surface area contributed by atoms with Crippen molar-refractivity contribution in [3.8, 4) is 0 Å². The van der Waals surface area contributed by atoms with Crippen LogP contribution in [0.5, 0.6) is 0 Å². The highest BCUT2D eigenvalue weighted by atomic mass is 16.4. The molecule has 5 nitrogen and oxygen atoms in total. The lowest BCUT2D eigenvalue weighted by Crippen LogP contribution is -2.50. The minimum Gasteiger partial charge on any atom is -0.480 e. The Hall–Kier alpha value is -1.26. The van der Waals surface area contributed by atoms with Crippen LogP contribution in [0, 0.1) is 0 Å². The number of nitrogens with zero attached hydrogens (tertiary/aromatic N) is 1. The normalized spacial score (nSPS) is 17.8. The fraction of sp³-hybridized carbons (Fsp3) is 0.833. The first kappa shape index (κ1) is 13.8. The summed E-state index contributed by atoms with van der Waals surface area (Å²) in [4.78, 5) is 24.6. The SMILES string of the molecule is CCC(NC(=O)N(CC)C1CCCC1)C(=O)O. The monoisotopic (exact) mass is 242 g/mol. The van der Waals surface area contributed by atoms with Gasteiger partial charge in [0.2, 0.25) is 0 Å². The summed E-state index contributed by atoms with van der Waals surface area (Å²) in [5, 5.41) is 11.5. The summed E-state index contributed by atoms with van der Waals surface area (Å²) < 4.78 is 0. The van der Waals surface area contributed by atoms with Gasteiger partial charge in [-0.2, -0.15) is 0 Å². The summed E-state index contributed by atoms with van der Waals surface area (Å²) >= 11 is 0. The van der Waals surface area contributed by atoms with E-state index < -0.39 is 12.0 Å². The van der Waals surface area contributed by atoms with Gasteiger partial charge in [-0.25, -0.2) is 9.59 Å². The van der Waals surface area contributed by atoms with Crippen LogP contribution in [0.15, 0.2) is 0 Å². The fourth-order valence-electron chi connectivity index (χ4n) is 2.35. The largest absolute Gasteiger partial charge is 0.480 e. The highest BCUT2D eigenvalue weighted by Crippen LogP contribution is 2.23. The van der Waals surface area contributed by atoms with Crippen molar-refractivity contribution < 1.29 is 14.7 Å². The molecule has 98 valence electrons. The number of carboxylic acid groups (broad SMARTS) is 1. The standard InChI is InChI=1S/C12H22N2O3/c1-3-10(11(15)16)13-12(17)14(4-2)9-7-5-6-8-9/h9-10H,3-8H2,1-2H3,(H,13,17)(H,15,16). The van der Waals surface area contributed by atoms with Crippen molar-refractivity contribution in [1.82, 2.24) is 10.2 Å². The number of carbonyl (C=O) groups is 2. The third-order valence-corrected chi connectivity index (χ3v) is 3.37. The molecule has 0 aliphatic heterocycles. The molecule has 0 spiro atoms. The van der Waals surface area contributed by atoms with E-state index in [1.807, 2.05) is 6.92 Å². The van der Waals surface area contributed by atoms with E-state index in [0.717, 1.165) is 25.7 Å². The van der Waals surface area contributed by atoms with E-state index in [1.54, 1.807) is 11.8 Å². The van der Waals surface area contributed by atoms with Gasteiger partial charge in [0.05, 0.1) is 0 Å². The molecule has 5 heteroatoms. The van der Waals surface area contributed by atoms with Crippen molar-refractivity contribution >= 4 is 12.0 Å². The van der Waals surface area contributed by atoms with Crippen LogP contribution in [0.25, 0.3) is 0 Å².